The van der Waals surface area contributed by atoms with E-state index < -0.39 is 0 Å². The van der Waals surface area contributed by atoms with Crippen molar-refractivity contribution in [3.05, 3.63) is 12.2 Å². The van der Waals surface area contributed by atoms with Gasteiger partial charge in [-0.05, 0) is 6.92 Å². The van der Waals surface area contributed by atoms with E-state index in [-0.39, 0.29) is 6.04 Å². The summed E-state index contributed by atoms with van der Waals surface area (Å²) in [7, 11) is 3.36. The van der Waals surface area contributed by atoms with Crippen molar-refractivity contribution in [1.29, 1.82) is 0 Å². The Morgan fingerprint density at radius 2 is 2.25 bits per heavy atom. The smallest absolute Gasteiger partial charge is 0.164 e. The number of nitrogens with one attached hydrogen (secondary N) is 1. The Balaban J connectivity index is 2.33. The summed E-state index contributed by atoms with van der Waals surface area (Å²) in [5.74, 6) is 0.791. The number of aromatic nitrogens is 3. The topological polar surface area (TPSA) is 61.2 Å². The molecule has 0 radical (unpaired) electrons. The van der Waals surface area contributed by atoms with Crippen LogP contribution in [0.3, 0.4) is 0 Å². The maximum Gasteiger partial charge on any atom is 0.164 e. The Labute approximate surface area is 96.0 Å². The summed E-state index contributed by atoms with van der Waals surface area (Å²) in [6, 6.07) is 0.213. The van der Waals surface area contributed by atoms with E-state index >= 15 is 0 Å². The average molecular weight is 228 g/mol. The Hall–Kier alpha value is -0.980. The zero-order valence-corrected chi connectivity index (χ0v) is 10.1. The molecule has 6 nitrogen and oxygen atoms in total. The van der Waals surface area contributed by atoms with Gasteiger partial charge in [0.2, 0.25) is 0 Å². The van der Waals surface area contributed by atoms with Gasteiger partial charge in [-0.15, -0.1) is 0 Å². The van der Waals surface area contributed by atoms with E-state index in [1.807, 2.05) is 11.6 Å². The minimum Gasteiger partial charge on any atom is -0.383 e. The Kier molecular flexibility index (Phi) is 5.99. The predicted molar refractivity (Wildman–Crippen MR) is 60.2 cm³/mol. The molecule has 0 amide bonds. The lowest BCUT2D eigenvalue weighted by molar-refractivity contribution is 0.156. The molecule has 1 N–H and O–H groups in total. The largest absolute Gasteiger partial charge is 0.383 e. The van der Waals surface area contributed by atoms with Crippen LogP contribution in [0.15, 0.2) is 6.33 Å². The fourth-order valence-corrected chi connectivity index (χ4v) is 1.30. The van der Waals surface area contributed by atoms with E-state index in [0.717, 1.165) is 12.4 Å². The molecule has 1 aromatic rings. The van der Waals surface area contributed by atoms with Crippen molar-refractivity contribution in [2.75, 3.05) is 34.0 Å². The van der Waals surface area contributed by atoms with Crippen molar-refractivity contribution in [2.24, 2.45) is 0 Å². The maximum absolute atomic E-state index is 5.06. The second-order valence-corrected chi connectivity index (χ2v) is 3.61. The molecule has 1 aromatic heterocycles. The van der Waals surface area contributed by atoms with E-state index in [2.05, 4.69) is 15.4 Å². The van der Waals surface area contributed by atoms with Crippen LogP contribution in [0.25, 0.3) is 0 Å². The highest BCUT2D eigenvalue weighted by atomic mass is 16.5. The summed E-state index contributed by atoms with van der Waals surface area (Å²) in [6.07, 6.45) is 1.73. The summed E-state index contributed by atoms with van der Waals surface area (Å²) in [5.41, 5.74) is 0. The molecule has 1 heterocycles. The first-order valence-corrected chi connectivity index (χ1v) is 5.36. The summed E-state index contributed by atoms with van der Waals surface area (Å²) in [5, 5.41) is 7.54. The SMILES string of the molecule is COCCNCc1ncn(C(C)COC)n1. The number of ether oxygens (including phenoxy) is 2. The highest BCUT2D eigenvalue weighted by Crippen LogP contribution is 2.03. The van der Waals surface area contributed by atoms with Gasteiger partial charge in [-0.25, -0.2) is 9.67 Å². The van der Waals surface area contributed by atoms with Crippen molar-refractivity contribution in [3.63, 3.8) is 0 Å². The van der Waals surface area contributed by atoms with Crippen LogP contribution in [0.4, 0.5) is 0 Å². The molecular formula is C10H20N4O2. The highest BCUT2D eigenvalue weighted by Gasteiger charge is 2.06. The Bertz CT molecular complexity index is 290. The quantitative estimate of drug-likeness (QED) is 0.645. The van der Waals surface area contributed by atoms with Crippen molar-refractivity contribution >= 4 is 0 Å². The molecule has 1 rings (SSSR count). The molecule has 0 saturated heterocycles. The standard InChI is InChI=1S/C10H20N4O2/c1-9(7-16-3)14-8-12-10(13-14)6-11-4-5-15-2/h8-9,11H,4-7H2,1-3H3. The second kappa shape index (κ2) is 7.32. The van der Waals surface area contributed by atoms with Gasteiger partial charge in [0.25, 0.3) is 0 Å². The van der Waals surface area contributed by atoms with E-state index in [9.17, 15) is 0 Å². The average Bonchev–Trinajstić information content (AvgIpc) is 2.73. The van der Waals surface area contributed by atoms with Crippen LogP contribution in [-0.2, 0) is 16.0 Å². The molecule has 92 valence electrons. The number of methoxy groups -OCH3 is 2. The number of hydrogen-bond acceptors (Lipinski definition) is 5. The fraction of sp³-hybridized carbons (Fsp3) is 0.800. The molecule has 0 bridgehead atoms. The molecule has 0 fully saturated rings. The van der Waals surface area contributed by atoms with Gasteiger partial charge in [0.15, 0.2) is 5.82 Å². The molecule has 0 spiro atoms. The third-order valence-electron chi connectivity index (χ3n) is 2.18. The predicted octanol–water partition coefficient (Wildman–Crippen LogP) is 0.221. The first-order valence-electron chi connectivity index (χ1n) is 5.36. The fourth-order valence-electron chi connectivity index (χ4n) is 1.30. The van der Waals surface area contributed by atoms with E-state index in [4.69, 9.17) is 9.47 Å². The molecular weight excluding hydrogens is 208 g/mol. The molecule has 0 aliphatic heterocycles. The van der Waals surface area contributed by atoms with Crippen LogP contribution in [0.1, 0.15) is 18.8 Å². The van der Waals surface area contributed by atoms with Crippen molar-refractivity contribution in [1.82, 2.24) is 20.1 Å². The van der Waals surface area contributed by atoms with Crippen molar-refractivity contribution in [3.8, 4) is 0 Å². The zero-order chi connectivity index (χ0) is 11.8. The third kappa shape index (κ3) is 4.26. The minimum atomic E-state index is 0.213. The summed E-state index contributed by atoms with van der Waals surface area (Å²) >= 11 is 0. The minimum absolute atomic E-state index is 0.213. The van der Waals surface area contributed by atoms with Gasteiger partial charge in [0, 0.05) is 20.8 Å². The molecule has 1 unspecified atom stereocenters. The number of rotatable bonds is 8. The van der Waals surface area contributed by atoms with E-state index in [1.54, 1.807) is 20.5 Å². The molecule has 6 heteroatoms. The molecule has 16 heavy (non-hydrogen) atoms. The first kappa shape index (κ1) is 13.1. The molecule has 0 aliphatic carbocycles. The van der Waals surface area contributed by atoms with Gasteiger partial charge in [0.05, 0.1) is 25.8 Å². The number of hydrogen-bond donors (Lipinski definition) is 1. The number of nitrogens with zero attached hydrogens (tertiary/aromatic N) is 3. The Morgan fingerprint density at radius 1 is 1.44 bits per heavy atom. The van der Waals surface area contributed by atoms with Gasteiger partial charge in [-0.3, -0.25) is 0 Å². The van der Waals surface area contributed by atoms with Crippen molar-refractivity contribution < 1.29 is 9.47 Å². The molecule has 1 atom stereocenters. The van der Waals surface area contributed by atoms with E-state index in [0.29, 0.717) is 19.8 Å². The first-order chi connectivity index (χ1) is 7.77. The van der Waals surface area contributed by atoms with Gasteiger partial charge in [0.1, 0.15) is 6.33 Å². The summed E-state index contributed by atoms with van der Waals surface area (Å²) in [6.45, 7) is 4.84. The van der Waals surface area contributed by atoms with Gasteiger partial charge in [-0.2, -0.15) is 5.10 Å². The van der Waals surface area contributed by atoms with Crippen LogP contribution < -0.4 is 5.32 Å². The van der Waals surface area contributed by atoms with Crippen LogP contribution in [-0.4, -0.2) is 48.7 Å². The summed E-state index contributed by atoms with van der Waals surface area (Å²) < 4.78 is 11.8. The second-order valence-electron chi connectivity index (χ2n) is 3.61. The van der Waals surface area contributed by atoms with Crippen LogP contribution in [0.5, 0.6) is 0 Å². The lowest BCUT2D eigenvalue weighted by Gasteiger charge is -2.09. The van der Waals surface area contributed by atoms with Crippen LogP contribution >= 0.6 is 0 Å². The van der Waals surface area contributed by atoms with Gasteiger partial charge < -0.3 is 14.8 Å². The lowest BCUT2D eigenvalue weighted by Crippen LogP contribution is -2.19. The van der Waals surface area contributed by atoms with E-state index in [1.165, 1.54) is 0 Å². The highest BCUT2D eigenvalue weighted by molar-refractivity contribution is 4.82. The monoisotopic (exact) mass is 228 g/mol. The third-order valence-corrected chi connectivity index (χ3v) is 2.18. The Morgan fingerprint density at radius 3 is 2.94 bits per heavy atom. The molecule has 0 aliphatic rings. The maximum atomic E-state index is 5.06. The summed E-state index contributed by atoms with van der Waals surface area (Å²) in [4.78, 5) is 4.21. The van der Waals surface area contributed by atoms with Crippen LogP contribution in [0.2, 0.25) is 0 Å². The van der Waals surface area contributed by atoms with Gasteiger partial charge in [-0.1, -0.05) is 0 Å². The normalized spacial score (nSPS) is 12.9. The van der Waals surface area contributed by atoms with Crippen molar-refractivity contribution in [2.45, 2.75) is 19.5 Å². The molecule has 0 saturated carbocycles. The van der Waals surface area contributed by atoms with Crippen LogP contribution in [0, 0.1) is 0 Å². The van der Waals surface area contributed by atoms with Gasteiger partial charge >= 0.3 is 0 Å². The lowest BCUT2D eigenvalue weighted by atomic mass is 10.4. The zero-order valence-electron chi connectivity index (χ0n) is 10.1. The molecule has 0 aromatic carbocycles.